The van der Waals surface area contributed by atoms with Gasteiger partial charge >= 0.3 is 0 Å². The van der Waals surface area contributed by atoms with Gasteiger partial charge in [0.05, 0.1) is 0 Å². The summed E-state index contributed by atoms with van der Waals surface area (Å²) in [4.78, 5) is 0. The number of anilines is 1. The molecule has 60 valence electrons. The molecular formula is C9H13NS. The molecule has 0 unspecified atom stereocenters. The molecule has 1 aromatic rings. The molecule has 0 aromatic heterocycles. The van der Waals surface area contributed by atoms with Crippen molar-refractivity contribution < 1.29 is 0 Å². The van der Waals surface area contributed by atoms with Crippen LogP contribution in [0, 0.1) is 6.92 Å². The fraction of sp³-hybridized carbons (Fsp3) is 0.333. The summed E-state index contributed by atoms with van der Waals surface area (Å²) in [6.07, 6.45) is 0. The van der Waals surface area contributed by atoms with E-state index in [9.17, 15) is 0 Å². The Morgan fingerprint density at radius 2 is 2.00 bits per heavy atom. The second-order valence-electron chi connectivity index (χ2n) is 2.50. The van der Waals surface area contributed by atoms with Gasteiger partial charge in [0.25, 0.3) is 0 Å². The van der Waals surface area contributed by atoms with E-state index in [1.807, 2.05) is 16.4 Å². The zero-order valence-corrected chi connectivity index (χ0v) is 7.81. The first-order valence-corrected chi connectivity index (χ1v) is 4.17. The Morgan fingerprint density at radius 3 is 2.55 bits per heavy atom. The minimum absolute atomic E-state index is 0.925. The summed E-state index contributed by atoms with van der Waals surface area (Å²) in [5.74, 6) is 0. The van der Waals surface area contributed by atoms with Gasteiger partial charge in [0.2, 0.25) is 0 Å². The van der Waals surface area contributed by atoms with Crippen molar-refractivity contribution in [2.45, 2.75) is 13.8 Å². The van der Waals surface area contributed by atoms with Gasteiger partial charge in [0, 0.05) is 12.2 Å². The molecule has 0 N–H and O–H groups in total. The maximum Gasteiger partial charge on any atom is 0.0496 e. The van der Waals surface area contributed by atoms with Gasteiger partial charge in [0.15, 0.2) is 0 Å². The Bertz CT molecular complexity index is 235. The van der Waals surface area contributed by atoms with E-state index < -0.39 is 0 Å². The van der Waals surface area contributed by atoms with E-state index in [1.54, 1.807) is 0 Å². The van der Waals surface area contributed by atoms with Crippen molar-refractivity contribution in [3.63, 3.8) is 0 Å². The quantitative estimate of drug-likeness (QED) is 0.663. The van der Waals surface area contributed by atoms with Gasteiger partial charge in [0.1, 0.15) is 0 Å². The fourth-order valence-corrected chi connectivity index (χ4v) is 1.25. The SMILES string of the molecule is CCN(S)c1ccccc1C. The second kappa shape index (κ2) is 3.67. The van der Waals surface area contributed by atoms with Gasteiger partial charge in [-0.1, -0.05) is 31.0 Å². The molecule has 0 spiro atoms. The highest BCUT2D eigenvalue weighted by molar-refractivity contribution is 7.81. The van der Waals surface area contributed by atoms with E-state index in [4.69, 9.17) is 0 Å². The number of rotatable bonds is 2. The number of hydrogen-bond acceptors (Lipinski definition) is 2. The maximum atomic E-state index is 4.32. The third-order valence-corrected chi connectivity index (χ3v) is 2.19. The first-order chi connectivity index (χ1) is 5.25. The molecule has 0 amide bonds. The van der Waals surface area contributed by atoms with Crippen LogP contribution in [-0.2, 0) is 0 Å². The lowest BCUT2D eigenvalue weighted by Gasteiger charge is -2.16. The van der Waals surface area contributed by atoms with Crippen LogP contribution >= 0.6 is 12.8 Å². The van der Waals surface area contributed by atoms with Gasteiger partial charge < -0.3 is 4.31 Å². The zero-order valence-electron chi connectivity index (χ0n) is 6.91. The van der Waals surface area contributed by atoms with Gasteiger partial charge in [-0.25, -0.2) is 0 Å². The predicted molar refractivity (Wildman–Crippen MR) is 53.2 cm³/mol. The average molecular weight is 167 g/mol. The smallest absolute Gasteiger partial charge is 0.0496 e. The molecule has 0 aliphatic rings. The Balaban J connectivity index is 2.93. The van der Waals surface area contributed by atoms with Crippen LogP contribution in [0.1, 0.15) is 12.5 Å². The molecule has 0 saturated carbocycles. The molecule has 0 radical (unpaired) electrons. The van der Waals surface area contributed by atoms with Gasteiger partial charge in [-0.05, 0) is 25.5 Å². The Hall–Kier alpha value is -0.630. The summed E-state index contributed by atoms with van der Waals surface area (Å²) >= 11 is 4.32. The molecular weight excluding hydrogens is 154 g/mol. The molecule has 0 heterocycles. The summed E-state index contributed by atoms with van der Waals surface area (Å²) in [5.41, 5.74) is 2.46. The van der Waals surface area contributed by atoms with Gasteiger partial charge in [-0.2, -0.15) is 0 Å². The number of benzene rings is 1. The standard InChI is InChI=1S/C9H13NS/c1-3-10(11)9-7-5-4-6-8(9)2/h4-7,11H,3H2,1-2H3. The van der Waals surface area contributed by atoms with Crippen LogP contribution in [-0.4, -0.2) is 6.54 Å². The van der Waals surface area contributed by atoms with Crippen LogP contribution in [0.5, 0.6) is 0 Å². The van der Waals surface area contributed by atoms with E-state index in [0.717, 1.165) is 6.54 Å². The van der Waals surface area contributed by atoms with Crippen molar-refractivity contribution in [3.05, 3.63) is 29.8 Å². The molecule has 2 heteroatoms. The van der Waals surface area contributed by atoms with Gasteiger partial charge in [-0.15, -0.1) is 0 Å². The van der Waals surface area contributed by atoms with Gasteiger partial charge in [-0.3, -0.25) is 0 Å². The molecule has 11 heavy (non-hydrogen) atoms. The van der Waals surface area contributed by atoms with E-state index in [0.29, 0.717) is 0 Å². The van der Waals surface area contributed by atoms with Crippen LogP contribution in [0.15, 0.2) is 24.3 Å². The first kappa shape index (κ1) is 8.47. The van der Waals surface area contributed by atoms with Crippen LogP contribution in [0.2, 0.25) is 0 Å². The van der Waals surface area contributed by atoms with E-state index in [2.05, 4.69) is 38.8 Å². The topological polar surface area (TPSA) is 3.24 Å². The van der Waals surface area contributed by atoms with Crippen LogP contribution in [0.25, 0.3) is 0 Å². The first-order valence-electron chi connectivity index (χ1n) is 3.77. The maximum absolute atomic E-state index is 4.32. The number of nitrogens with zero attached hydrogens (tertiary/aromatic N) is 1. The predicted octanol–water partition coefficient (Wildman–Crippen LogP) is 2.67. The zero-order chi connectivity index (χ0) is 8.27. The lowest BCUT2D eigenvalue weighted by Crippen LogP contribution is -2.09. The molecule has 0 saturated heterocycles. The second-order valence-corrected chi connectivity index (χ2v) is 2.99. The van der Waals surface area contributed by atoms with Crippen LogP contribution in [0.3, 0.4) is 0 Å². The molecule has 0 fully saturated rings. The van der Waals surface area contributed by atoms with E-state index >= 15 is 0 Å². The molecule has 1 rings (SSSR count). The lowest BCUT2D eigenvalue weighted by molar-refractivity contribution is 1.11. The van der Waals surface area contributed by atoms with Crippen LogP contribution < -0.4 is 4.31 Å². The Morgan fingerprint density at radius 1 is 1.36 bits per heavy atom. The van der Waals surface area contributed by atoms with E-state index in [-0.39, 0.29) is 0 Å². The van der Waals surface area contributed by atoms with Crippen molar-refractivity contribution in [3.8, 4) is 0 Å². The summed E-state index contributed by atoms with van der Waals surface area (Å²) < 4.78 is 1.94. The fourth-order valence-electron chi connectivity index (χ4n) is 1.02. The van der Waals surface area contributed by atoms with Crippen molar-refractivity contribution in [1.82, 2.24) is 0 Å². The van der Waals surface area contributed by atoms with Crippen molar-refractivity contribution in [2.24, 2.45) is 0 Å². The molecule has 1 aromatic carbocycles. The Kier molecular flexibility index (Phi) is 2.83. The molecule has 0 aliphatic heterocycles. The summed E-state index contributed by atoms with van der Waals surface area (Å²) in [6.45, 7) is 5.10. The molecule has 0 bridgehead atoms. The minimum Gasteiger partial charge on any atom is -0.319 e. The highest BCUT2D eigenvalue weighted by atomic mass is 32.1. The lowest BCUT2D eigenvalue weighted by atomic mass is 10.2. The largest absolute Gasteiger partial charge is 0.319 e. The number of para-hydroxylation sites is 1. The van der Waals surface area contributed by atoms with E-state index in [1.165, 1.54) is 11.3 Å². The molecule has 0 atom stereocenters. The van der Waals surface area contributed by atoms with Crippen molar-refractivity contribution in [2.75, 3.05) is 10.8 Å². The molecule has 1 nitrogen and oxygen atoms in total. The highest BCUT2D eigenvalue weighted by Gasteiger charge is 2.00. The molecule has 0 aliphatic carbocycles. The minimum atomic E-state index is 0.925. The third kappa shape index (κ3) is 1.90. The number of aryl methyl sites for hydroxylation is 1. The Labute approximate surface area is 73.6 Å². The number of hydrogen-bond donors (Lipinski definition) is 1. The normalized spacial score (nSPS) is 9.73. The van der Waals surface area contributed by atoms with Crippen molar-refractivity contribution >= 4 is 18.5 Å². The average Bonchev–Trinajstić information content (AvgIpc) is 2.04. The summed E-state index contributed by atoms with van der Waals surface area (Å²) in [7, 11) is 0. The summed E-state index contributed by atoms with van der Waals surface area (Å²) in [5, 5.41) is 0. The van der Waals surface area contributed by atoms with Crippen LogP contribution in [0.4, 0.5) is 5.69 Å². The highest BCUT2D eigenvalue weighted by Crippen LogP contribution is 2.19. The number of thiol groups is 1. The summed E-state index contributed by atoms with van der Waals surface area (Å²) in [6, 6.07) is 8.23. The monoisotopic (exact) mass is 167 g/mol. The third-order valence-electron chi connectivity index (χ3n) is 1.69. The van der Waals surface area contributed by atoms with Crippen molar-refractivity contribution in [1.29, 1.82) is 0 Å².